The van der Waals surface area contributed by atoms with Crippen LogP contribution in [0.25, 0.3) is 0 Å². The van der Waals surface area contributed by atoms with E-state index in [0.29, 0.717) is 13.0 Å². The summed E-state index contributed by atoms with van der Waals surface area (Å²) in [6.07, 6.45) is 0.0601. The van der Waals surface area contributed by atoms with Gasteiger partial charge in [0.2, 0.25) is 0 Å². The molecule has 2 rings (SSSR count). The van der Waals surface area contributed by atoms with Crippen molar-refractivity contribution in [1.82, 2.24) is 0 Å². The van der Waals surface area contributed by atoms with Gasteiger partial charge >= 0.3 is 0 Å². The van der Waals surface area contributed by atoms with Gasteiger partial charge in [0.1, 0.15) is 6.10 Å². The van der Waals surface area contributed by atoms with Crippen LogP contribution in [0.4, 0.5) is 0 Å². The van der Waals surface area contributed by atoms with Gasteiger partial charge in [-0.25, -0.2) is 0 Å². The zero-order chi connectivity index (χ0) is 16.7. The van der Waals surface area contributed by atoms with Gasteiger partial charge < -0.3 is 4.74 Å². The second-order valence-corrected chi connectivity index (χ2v) is 6.97. The van der Waals surface area contributed by atoms with E-state index in [1.165, 1.54) is 0 Å². The van der Waals surface area contributed by atoms with Gasteiger partial charge in [-0.15, -0.1) is 0 Å². The molecule has 0 fully saturated rings. The van der Waals surface area contributed by atoms with E-state index < -0.39 is 16.2 Å². The van der Waals surface area contributed by atoms with Gasteiger partial charge in [0.05, 0.1) is 18.1 Å². The molecular formula is C18H22O4S. The molecule has 0 spiro atoms. The molecule has 1 unspecified atom stereocenters. The Bertz CT molecular complexity index is 694. The third kappa shape index (κ3) is 5.46. The van der Waals surface area contributed by atoms with Crippen LogP contribution in [-0.2, 0) is 25.6 Å². The van der Waals surface area contributed by atoms with E-state index in [2.05, 4.69) is 0 Å². The number of aryl methyl sites for hydroxylation is 1. The third-order valence-electron chi connectivity index (χ3n) is 3.44. The molecule has 0 aliphatic carbocycles. The predicted molar refractivity (Wildman–Crippen MR) is 89.6 cm³/mol. The molecular weight excluding hydrogens is 312 g/mol. The average molecular weight is 334 g/mol. The van der Waals surface area contributed by atoms with Gasteiger partial charge in [0, 0.05) is 0 Å². The van der Waals surface area contributed by atoms with Crippen molar-refractivity contribution in [3.63, 3.8) is 0 Å². The smallest absolute Gasteiger partial charge is 0.297 e. The second-order valence-electron chi connectivity index (χ2n) is 5.39. The summed E-state index contributed by atoms with van der Waals surface area (Å²) in [5.41, 5.74) is 2.05. The van der Waals surface area contributed by atoms with Crippen molar-refractivity contribution in [1.29, 1.82) is 0 Å². The Morgan fingerprint density at radius 3 is 2.26 bits per heavy atom. The first-order valence-corrected chi connectivity index (χ1v) is 9.03. The third-order valence-corrected chi connectivity index (χ3v) is 4.82. The first kappa shape index (κ1) is 17.7. The number of hydrogen-bond acceptors (Lipinski definition) is 4. The van der Waals surface area contributed by atoms with Gasteiger partial charge in [0.25, 0.3) is 10.1 Å². The molecule has 0 N–H and O–H groups in total. The molecule has 124 valence electrons. The maximum Gasteiger partial charge on any atom is 0.297 e. The van der Waals surface area contributed by atoms with Crippen LogP contribution in [0.2, 0.25) is 0 Å². The number of benzene rings is 2. The lowest BCUT2D eigenvalue weighted by Gasteiger charge is -2.16. The SMILES string of the molecule is CCC(COCc1ccccc1)OS(=O)(=O)c1ccc(C)cc1. The van der Waals surface area contributed by atoms with Gasteiger partial charge in [0.15, 0.2) is 0 Å². The maximum atomic E-state index is 12.3. The van der Waals surface area contributed by atoms with Crippen LogP contribution < -0.4 is 0 Å². The maximum absolute atomic E-state index is 12.3. The molecule has 0 heterocycles. The minimum atomic E-state index is -3.76. The molecule has 0 aliphatic rings. The Labute approximate surface area is 138 Å². The largest absolute Gasteiger partial charge is 0.374 e. The fraction of sp³-hybridized carbons (Fsp3) is 0.333. The predicted octanol–water partition coefficient (Wildman–Crippen LogP) is 3.70. The summed E-state index contributed by atoms with van der Waals surface area (Å²) in [5, 5.41) is 0. The fourth-order valence-corrected chi connectivity index (χ4v) is 3.17. The molecule has 5 heteroatoms. The molecule has 0 aliphatic heterocycles. The fourth-order valence-electron chi connectivity index (χ4n) is 2.04. The van der Waals surface area contributed by atoms with E-state index in [-0.39, 0.29) is 11.5 Å². The lowest BCUT2D eigenvalue weighted by Crippen LogP contribution is -2.23. The molecule has 0 amide bonds. The summed E-state index contributed by atoms with van der Waals surface area (Å²) < 4.78 is 35.4. The van der Waals surface area contributed by atoms with E-state index in [9.17, 15) is 8.42 Å². The summed E-state index contributed by atoms with van der Waals surface area (Å²) in [5.74, 6) is 0. The van der Waals surface area contributed by atoms with Crippen molar-refractivity contribution in [2.45, 2.75) is 37.9 Å². The van der Waals surface area contributed by atoms with Crippen LogP contribution in [0.3, 0.4) is 0 Å². The van der Waals surface area contributed by atoms with Gasteiger partial charge in [-0.05, 0) is 31.0 Å². The average Bonchev–Trinajstić information content (AvgIpc) is 2.55. The summed E-state index contributed by atoms with van der Waals surface area (Å²) in [6.45, 7) is 4.45. The van der Waals surface area contributed by atoms with Gasteiger partial charge in [-0.1, -0.05) is 55.0 Å². The molecule has 0 saturated heterocycles. The summed E-state index contributed by atoms with van der Waals surface area (Å²) in [7, 11) is -3.76. The van der Waals surface area contributed by atoms with Crippen LogP contribution in [0.1, 0.15) is 24.5 Å². The van der Waals surface area contributed by atoms with Crippen molar-refractivity contribution in [2.24, 2.45) is 0 Å². The van der Waals surface area contributed by atoms with Gasteiger partial charge in [-0.2, -0.15) is 8.42 Å². The zero-order valence-electron chi connectivity index (χ0n) is 13.4. The van der Waals surface area contributed by atoms with Crippen LogP contribution in [0, 0.1) is 6.92 Å². The van der Waals surface area contributed by atoms with Crippen LogP contribution in [0.5, 0.6) is 0 Å². The Morgan fingerprint density at radius 2 is 1.65 bits per heavy atom. The minimum absolute atomic E-state index is 0.171. The van der Waals surface area contributed by atoms with E-state index in [4.69, 9.17) is 8.92 Å². The highest BCUT2D eigenvalue weighted by atomic mass is 32.2. The van der Waals surface area contributed by atoms with Crippen molar-refractivity contribution in [3.05, 3.63) is 65.7 Å². The standard InChI is InChI=1S/C18H22O4S/c1-3-17(14-21-13-16-7-5-4-6-8-16)22-23(19,20)18-11-9-15(2)10-12-18/h4-12,17H,3,13-14H2,1-2H3. The number of hydrogen-bond donors (Lipinski definition) is 0. The highest BCUT2D eigenvalue weighted by Gasteiger charge is 2.20. The Morgan fingerprint density at radius 1 is 1.00 bits per heavy atom. The molecule has 0 bridgehead atoms. The Balaban J connectivity index is 1.91. The number of rotatable bonds is 8. The number of ether oxygens (including phenoxy) is 1. The molecule has 23 heavy (non-hydrogen) atoms. The van der Waals surface area contributed by atoms with E-state index in [1.807, 2.05) is 44.2 Å². The van der Waals surface area contributed by atoms with E-state index in [0.717, 1.165) is 11.1 Å². The molecule has 1 atom stereocenters. The highest BCUT2D eigenvalue weighted by molar-refractivity contribution is 7.86. The first-order chi connectivity index (χ1) is 11.0. The minimum Gasteiger partial charge on any atom is -0.374 e. The van der Waals surface area contributed by atoms with E-state index >= 15 is 0 Å². The summed E-state index contributed by atoms with van der Waals surface area (Å²) in [4.78, 5) is 0.171. The summed E-state index contributed by atoms with van der Waals surface area (Å²) in [6, 6.07) is 16.4. The van der Waals surface area contributed by atoms with Crippen LogP contribution in [0.15, 0.2) is 59.5 Å². The molecule has 4 nitrogen and oxygen atoms in total. The topological polar surface area (TPSA) is 52.6 Å². The van der Waals surface area contributed by atoms with Gasteiger partial charge in [-0.3, -0.25) is 4.18 Å². The highest BCUT2D eigenvalue weighted by Crippen LogP contribution is 2.16. The lowest BCUT2D eigenvalue weighted by molar-refractivity contribution is 0.0425. The lowest BCUT2D eigenvalue weighted by atomic mass is 10.2. The van der Waals surface area contributed by atoms with Crippen molar-refractivity contribution in [2.75, 3.05) is 6.61 Å². The molecule has 2 aromatic rings. The molecule has 0 radical (unpaired) electrons. The van der Waals surface area contributed by atoms with Crippen molar-refractivity contribution in [3.8, 4) is 0 Å². The second kappa shape index (κ2) is 8.24. The molecule has 2 aromatic carbocycles. The zero-order valence-corrected chi connectivity index (χ0v) is 14.3. The Hall–Kier alpha value is -1.69. The van der Waals surface area contributed by atoms with Crippen molar-refractivity contribution >= 4 is 10.1 Å². The first-order valence-electron chi connectivity index (χ1n) is 7.63. The molecule has 0 saturated carbocycles. The van der Waals surface area contributed by atoms with Crippen LogP contribution >= 0.6 is 0 Å². The molecule has 0 aromatic heterocycles. The quantitative estimate of drug-likeness (QED) is 0.691. The van der Waals surface area contributed by atoms with Crippen molar-refractivity contribution < 1.29 is 17.3 Å². The normalized spacial score (nSPS) is 13.0. The Kier molecular flexibility index (Phi) is 6.33. The monoisotopic (exact) mass is 334 g/mol. The van der Waals surface area contributed by atoms with E-state index in [1.54, 1.807) is 24.3 Å². The summed E-state index contributed by atoms with van der Waals surface area (Å²) >= 11 is 0. The van der Waals surface area contributed by atoms with Crippen LogP contribution in [-0.4, -0.2) is 21.1 Å².